The van der Waals surface area contributed by atoms with Crippen LogP contribution in [-0.4, -0.2) is 0 Å². The van der Waals surface area contributed by atoms with Crippen LogP contribution in [-0.2, 0) is 0 Å². The zero-order valence-electron chi connectivity index (χ0n) is 10.4. The van der Waals surface area contributed by atoms with Gasteiger partial charge in [-0.15, -0.1) is 11.3 Å². The Morgan fingerprint density at radius 2 is 2.06 bits per heavy atom. The number of thiophene rings is 1. The fourth-order valence-electron chi connectivity index (χ4n) is 2.90. The predicted octanol–water partition coefficient (Wildman–Crippen LogP) is 4.27. The molecule has 0 amide bonds. The first-order chi connectivity index (χ1) is 7.72. The second kappa shape index (κ2) is 5.33. The molecule has 1 aromatic heterocycles. The molecule has 0 spiro atoms. The lowest BCUT2D eigenvalue weighted by Gasteiger charge is -2.31. The van der Waals surface area contributed by atoms with E-state index in [0.717, 1.165) is 11.8 Å². The predicted molar refractivity (Wildman–Crippen MR) is 71.7 cm³/mol. The average Bonchev–Trinajstić information content (AvgIpc) is 2.75. The molecule has 0 aliphatic heterocycles. The van der Waals surface area contributed by atoms with Gasteiger partial charge >= 0.3 is 0 Å². The molecule has 2 rings (SSSR count). The normalized spacial score (nSPS) is 27.9. The highest BCUT2D eigenvalue weighted by Gasteiger charge is 2.26. The van der Waals surface area contributed by atoms with Gasteiger partial charge in [0.15, 0.2) is 0 Å². The van der Waals surface area contributed by atoms with Crippen molar-refractivity contribution in [2.75, 3.05) is 0 Å². The fourth-order valence-corrected chi connectivity index (χ4v) is 3.92. The third-order valence-electron chi connectivity index (χ3n) is 4.18. The SMILES string of the molecule is CCC1CCC(C(N)c2sccc2C)CC1. The van der Waals surface area contributed by atoms with Crippen molar-refractivity contribution in [1.29, 1.82) is 0 Å². The van der Waals surface area contributed by atoms with Crippen molar-refractivity contribution in [3.8, 4) is 0 Å². The molecule has 2 N–H and O–H groups in total. The Kier molecular flexibility index (Phi) is 4.04. The lowest BCUT2D eigenvalue weighted by molar-refractivity contribution is 0.241. The zero-order chi connectivity index (χ0) is 11.5. The molecule has 0 saturated heterocycles. The Morgan fingerprint density at radius 3 is 2.56 bits per heavy atom. The van der Waals surface area contributed by atoms with E-state index in [4.69, 9.17) is 5.73 Å². The van der Waals surface area contributed by atoms with E-state index in [1.807, 2.05) is 11.3 Å². The smallest absolute Gasteiger partial charge is 0.0421 e. The first kappa shape index (κ1) is 12.1. The summed E-state index contributed by atoms with van der Waals surface area (Å²) in [6.07, 6.45) is 6.78. The highest BCUT2D eigenvalue weighted by atomic mass is 32.1. The third-order valence-corrected chi connectivity index (χ3v) is 5.30. The van der Waals surface area contributed by atoms with Gasteiger partial charge in [-0.3, -0.25) is 0 Å². The van der Waals surface area contributed by atoms with E-state index in [0.29, 0.717) is 0 Å². The van der Waals surface area contributed by atoms with Gasteiger partial charge in [0.1, 0.15) is 0 Å². The summed E-state index contributed by atoms with van der Waals surface area (Å²) in [7, 11) is 0. The van der Waals surface area contributed by atoms with Gasteiger partial charge in [0.2, 0.25) is 0 Å². The first-order valence-corrected chi connectivity index (χ1v) is 7.40. The van der Waals surface area contributed by atoms with Crippen molar-refractivity contribution >= 4 is 11.3 Å². The molecule has 2 heteroatoms. The molecule has 1 saturated carbocycles. The fraction of sp³-hybridized carbons (Fsp3) is 0.714. The lowest BCUT2D eigenvalue weighted by atomic mass is 9.77. The van der Waals surface area contributed by atoms with Crippen LogP contribution < -0.4 is 5.73 Å². The molecule has 90 valence electrons. The maximum Gasteiger partial charge on any atom is 0.0421 e. The minimum atomic E-state index is 0.290. The second-order valence-corrected chi connectivity index (χ2v) is 6.13. The lowest BCUT2D eigenvalue weighted by Crippen LogP contribution is -2.25. The van der Waals surface area contributed by atoms with Crippen molar-refractivity contribution in [2.45, 2.75) is 52.0 Å². The molecule has 1 atom stereocenters. The number of hydrogen-bond donors (Lipinski definition) is 1. The van der Waals surface area contributed by atoms with Crippen molar-refractivity contribution in [2.24, 2.45) is 17.6 Å². The summed E-state index contributed by atoms with van der Waals surface area (Å²) in [4.78, 5) is 1.42. The van der Waals surface area contributed by atoms with Crippen LogP contribution in [0.5, 0.6) is 0 Å². The quantitative estimate of drug-likeness (QED) is 0.834. The van der Waals surface area contributed by atoms with Crippen molar-refractivity contribution in [1.82, 2.24) is 0 Å². The van der Waals surface area contributed by atoms with Crippen molar-refractivity contribution < 1.29 is 0 Å². The van der Waals surface area contributed by atoms with Crippen LogP contribution in [0.25, 0.3) is 0 Å². The Bertz CT molecular complexity index is 323. The molecule has 16 heavy (non-hydrogen) atoms. The second-order valence-electron chi connectivity index (χ2n) is 5.18. The zero-order valence-corrected chi connectivity index (χ0v) is 11.2. The molecule has 1 aliphatic rings. The van der Waals surface area contributed by atoms with Gasteiger partial charge in [-0.25, -0.2) is 0 Å². The first-order valence-electron chi connectivity index (χ1n) is 6.52. The number of hydrogen-bond acceptors (Lipinski definition) is 2. The molecule has 1 heterocycles. The van der Waals surface area contributed by atoms with Crippen LogP contribution in [0.3, 0.4) is 0 Å². The molecular weight excluding hydrogens is 214 g/mol. The van der Waals surface area contributed by atoms with E-state index >= 15 is 0 Å². The highest BCUT2D eigenvalue weighted by molar-refractivity contribution is 7.10. The van der Waals surface area contributed by atoms with Crippen LogP contribution >= 0.6 is 11.3 Å². The highest BCUT2D eigenvalue weighted by Crippen LogP contribution is 2.38. The summed E-state index contributed by atoms with van der Waals surface area (Å²) >= 11 is 1.83. The summed E-state index contributed by atoms with van der Waals surface area (Å²) in [5.74, 6) is 1.69. The molecule has 1 aliphatic carbocycles. The van der Waals surface area contributed by atoms with E-state index < -0.39 is 0 Å². The maximum atomic E-state index is 6.41. The van der Waals surface area contributed by atoms with Crippen LogP contribution in [0.2, 0.25) is 0 Å². The Morgan fingerprint density at radius 1 is 1.38 bits per heavy atom. The molecule has 0 radical (unpaired) electrons. The molecule has 1 fully saturated rings. The van der Waals surface area contributed by atoms with Crippen molar-refractivity contribution in [3.05, 3.63) is 21.9 Å². The Balaban J connectivity index is 1.97. The summed E-state index contributed by atoms with van der Waals surface area (Å²) in [5, 5.41) is 2.17. The van der Waals surface area contributed by atoms with E-state index in [-0.39, 0.29) is 6.04 Å². The Hall–Kier alpha value is -0.340. The van der Waals surface area contributed by atoms with Gasteiger partial charge in [-0.2, -0.15) is 0 Å². The number of rotatable bonds is 3. The van der Waals surface area contributed by atoms with Crippen molar-refractivity contribution in [3.63, 3.8) is 0 Å². The van der Waals surface area contributed by atoms with E-state index in [9.17, 15) is 0 Å². The third kappa shape index (κ3) is 2.49. The molecule has 1 aromatic rings. The molecule has 0 aromatic carbocycles. The van der Waals surface area contributed by atoms with Crippen LogP contribution in [0.15, 0.2) is 11.4 Å². The maximum absolute atomic E-state index is 6.41. The summed E-state index contributed by atoms with van der Waals surface area (Å²) in [6, 6.07) is 2.48. The standard InChI is InChI=1S/C14H23NS/c1-3-11-4-6-12(7-5-11)13(15)14-10(2)8-9-16-14/h8-9,11-13H,3-7,15H2,1-2H3. The molecule has 1 nitrogen and oxygen atoms in total. The van der Waals surface area contributed by atoms with Gasteiger partial charge in [-0.05, 0) is 48.6 Å². The number of nitrogens with two attached hydrogens (primary N) is 1. The average molecular weight is 237 g/mol. The molecule has 0 bridgehead atoms. The summed E-state index contributed by atoms with van der Waals surface area (Å²) in [6.45, 7) is 4.50. The number of aryl methyl sites for hydroxylation is 1. The topological polar surface area (TPSA) is 26.0 Å². The largest absolute Gasteiger partial charge is 0.323 e. The minimum Gasteiger partial charge on any atom is -0.323 e. The summed E-state index contributed by atoms with van der Waals surface area (Å²) in [5.41, 5.74) is 7.80. The molecule has 1 unspecified atom stereocenters. The monoisotopic (exact) mass is 237 g/mol. The van der Waals surface area contributed by atoms with Crippen LogP contribution in [0, 0.1) is 18.8 Å². The van der Waals surface area contributed by atoms with Crippen LogP contribution in [0.1, 0.15) is 55.5 Å². The van der Waals surface area contributed by atoms with Gasteiger partial charge in [0.05, 0.1) is 0 Å². The van der Waals surface area contributed by atoms with Gasteiger partial charge < -0.3 is 5.73 Å². The van der Waals surface area contributed by atoms with Crippen LogP contribution in [0.4, 0.5) is 0 Å². The van der Waals surface area contributed by atoms with E-state index in [1.165, 1.54) is 42.5 Å². The van der Waals surface area contributed by atoms with E-state index in [2.05, 4.69) is 25.3 Å². The Labute approximate surface area is 103 Å². The van der Waals surface area contributed by atoms with Gasteiger partial charge in [0.25, 0.3) is 0 Å². The minimum absolute atomic E-state index is 0.290. The van der Waals surface area contributed by atoms with E-state index in [1.54, 1.807) is 0 Å². The van der Waals surface area contributed by atoms with Gasteiger partial charge in [-0.1, -0.05) is 26.2 Å². The summed E-state index contributed by atoms with van der Waals surface area (Å²) < 4.78 is 0. The van der Waals surface area contributed by atoms with Gasteiger partial charge in [0, 0.05) is 10.9 Å². The molecular formula is C14H23NS.